The van der Waals surface area contributed by atoms with Crippen LogP contribution >= 0.6 is 0 Å². The predicted octanol–water partition coefficient (Wildman–Crippen LogP) is 4.72. The standard InChI is InChI=1S/C32H48N6O2/c1-6-14-37-15-13-25(33-28-9-7-8-24-12-16-38(31(24)28)32(39)23(2)3)21-30(37)34-27-11-10-26(22-29(27)40-5)36-19-17-35(4)18-20-36/h7-11,22-23,25,30,33-34H,6,12-21H2,1-5H3. The van der Waals surface area contributed by atoms with Gasteiger partial charge in [-0.2, -0.15) is 0 Å². The van der Waals surface area contributed by atoms with Crippen LogP contribution in [0.15, 0.2) is 36.4 Å². The molecule has 1 amide bonds. The minimum absolute atomic E-state index is 0.0116. The number of anilines is 4. The number of fused-ring (bicyclic) bond motifs is 1. The first kappa shape index (κ1) is 28.6. The van der Waals surface area contributed by atoms with Gasteiger partial charge in [-0.1, -0.05) is 32.9 Å². The first-order chi connectivity index (χ1) is 19.4. The number of carbonyl (C=O) groups is 1. The summed E-state index contributed by atoms with van der Waals surface area (Å²) in [5, 5.41) is 7.72. The molecule has 3 aliphatic heterocycles. The fraction of sp³-hybridized carbons (Fsp3) is 0.594. The molecule has 2 N–H and O–H groups in total. The highest BCUT2D eigenvalue weighted by Crippen LogP contribution is 2.38. The molecule has 0 bridgehead atoms. The summed E-state index contributed by atoms with van der Waals surface area (Å²) in [6.07, 6.45) is 4.27. The molecule has 3 heterocycles. The Morgan fingerprint density at radius 2 is 1.82 bits per heavy atom. The lowest BCUT2D eigenvalue weighted by Crippen LogP contribution is -2.50. The van der Waals surface area contributed by atoms with E-state index in [1.165, 1.54) is 11.3 Å². The summed E-state index contributed by atoms with van der Waals surface area (Å²) in [5.74, 6) is 1.09. The number of likely N-dealkylation sites (tertiary alicyclic amines) is 1. The molecule has 3 aliphatic rings. The summed E-state index contributed by atoms with van der Waals surface area (Å²) < 4.78 is 5.89. The van der Waals surface area contributed by atoms with Gasteiger partial charge in [-0.3, -0.25) is 9.69 Å². The number of rotatable bonds is 9. The molecule has 2 aromatic carbocycles. The lowest BCUT2D eigenvalue weighted by atomic mass is 10.00. The highest BCUT2D eigenvalue weighted by Gasteiger charge is 2.32. The molecule has 5 rings (SSSR count). The van der Waals surface area contributed by atoms with Gasteiger partial charge in [0.1, 0.15) is 5.75 Å². The van der Waals surface area contributed by atoms with Crippen LogP contribution in [0.2, 0.25) is 0 Å². The van der Waals surface area contributed by atoms with E-state index in [4.69, 9.17) is 4.74 Å². The Balaban J connectivity index is 1.32. The maximum Gasteiger partial charge on any atom is 0.229 e. The van der Waals surface area contributed by atoms with Gasteiger partial charge in [0.25, 0.3) is 0 Å². The fourth-order valence-electron chi connectivity index (χ4n) is 6.41. The van der Waals surface area contributed by atoms with Crippen molar-refractivity contribution in [1.29, 1.82) is 0 Å². The van der Waals surface area contributed by atoms with E-state index < -0.39 is 0 Å². The quantitative estimate of drug-likeness (QED) is 0.470. The number of piperazine rings is 1. The molecule has 0 saturated carbocycles. The van der Waals surface area contributed by atoms with Crippen LogP contribution in [0, 0.1) is 5.92 Å². The monoisotopic (exact) mass is 548 g/mol. The molecular formula is C32H48N6O2. The lowest BCUT2D eigenvalue weighted by Gasteiger charge is -2.41. The molecule has 2 fully saturated rings. The van der Waals surface area contributed by atoms with Crippen LogP contribution in [0.5, 0.6) is 5.75 Å². The molecule has 218 valence electrons. The third kappa shape index (κ3) is 6.18. The Bertz CT molecular complexity index is 1160. The van der Waals surface area contributed by atoms with Crippen molar-refractivity contribution in [2.24, 2.45) is 5.92 Å². The number of para-hydroxylation sites is 1. The highest BCUT2D eigenvalue weighted by molar-refractivity contribution is 6.00. The summed E-state index contributed by atoms with van der Waals surface area (Å²) in [6, 6.07) is 13.3. The SMILES string of the molecule is CCCN1CCC(Nc2cccc3c2N(C(=O)C(C)C)CC3)CC1Nc1ccc(N2CCN(C)CC2)cc1OC. The Kier molecular flexibility index (Phi) is 9.06. The summed E-state index contributed by atoms with van der Waals surface area (Å²) in [4.78, 5) is 22.4. The molecule has 0 aromatic heterocycles. The number of hydrogen-bond donors (Lipinski definition) is 2. The summed E-state index contributed by atoms with van der Waals surface area (Å²) in [6.45, 7) is 13.3. The van der Waals surface area contributed by atoms with Crippen molar-refractivity contribution < 1.29 is 9.53 Å². The zero-order valence-corrected chi connectivity index (χ0v) is 25.1. The van der Waals surface area contributed by atoms with Gasteiger partial charge in [0, 0.05) is 69.4 Å². The van der Waals surface area contributed by atoms with Gasteiger partial charge >= 0.3 is 0 Å². The van der Waals surface area contributed by atoms with Crippen molar-refractivity contribution in [1.82, 2.24) is 9.80 Å². The second-order valence-corrected chi connectivity index (χ2v) is 11.9. The number of likely N-dealkylation sites (N-methyl/N-ethyl adjacent to an activating group) is 1. The van der Waals surface area contributed by atoms with Gasteiger partial charge < -0.3 is 30.1 Å². The maximum atomic E-state index is 13.0. The maximum absolute atomic E-state index is 13.0. The van der Waals surface area contributed by atoms with E-state index in [9.17, 15) is 4.79 Å². The van der Waals surface area contributed by atoms with Crippen molar-refractivity contribution in [2.75, 3.05) is 80.4 Å². The number of ether oxygens (including phenoxy) is 1. The van der Waals surface area contributed by atoms with Crippen LogP contribution in [-0.4, -0.2) is 87.9 Å². The first-order valence-electron chi connectivity index (χ1n) is 15.2. The van der Waals surface area contributed by atoms with Crippen LogP contribution in [0.3, 0.4) is 0 Å². The van der Waals surface area contributed by atoms with Gasteiger partial charge in [0.05, 0.1) is 30.3 Å². The van der Waals surface area contributed by atoms with Gasteiger partial charge in [-0.05, 0) is 56.6 Å². The molecule has 2 aromatic rings. The van der Waals surface area contributed by atoms with Crippen molar-refractivity contribution in [3.8, 4) is 5.75 Å². The number of nitrogens with one attached hydrogen (secondary N) is 2. The fourth-order valence-corrected chi connectivity index (χ4v) is 6.41. The third-order valence-corrected chi connectivity index (χ3v) is 8.71. The Morgan fingerprint density at radius 3 is 2.55 bits per heavy atom. The van der Waals surface area contributed by atoms with Crippen LogP contribution in [0.25, 0.3) is 0 Å². The smallest absolute Gasteiger partial charge is 0.229 e. The van der Waals surface area contributed by atoms with E-state index in [-0.39, 0.29) is 18.0 Å². The molecular weight excluding hydrogens is 500 g/mol. The molecule has 2 atom stereocenters. The van der Waals surface area contributed by atoms with E-state index in [1.54, 1.807) is 7.11 Å². The minimum Gasteiger partial charge on any atom is -0.495 e. The highest BCUT2D eigenvalue weighted by atomic mass is 16.5. The Labute approximate surface area is 240 Å². The van der Waals surface area contributed by atoms with E-state index in [0.717, 1.165) is 94.3 Å². The number of carbonyl (C=O) groups excluding carboxylic acids is 1. The number of amides is 1. The number of nitrogens with zero attached hydrogens (tertiary/aromatic N) is 4. The van der Waals surface area contributed by atoms with Gasteiger partial charge in [0.2, 0.25) is 5.91 Å². The molecule has 0 radical (unpaired) electrons. The molecule has 40 heavy (non-hydrogen) atoms. The van der Waals surface area contributed by atoms with E-state index in [1.807, 2.05) is 18.7 Å². The van der Waals surface area contributed by atoms with Gasteiger partial charge in [-0.25, -0.2) is 0 Å². The first-order valence-corrected chi connectivity index (χ1v) is 15.2. The number of hydrogen-bond acceptors (Lipinski definition) is 7. The summed E-state index contributed by atoms with van der Waals surface area (Å²) >= 11 is 0. The second-order valence-electron chi connectivity index (χ2n) is 11.9. The summed E-state index contributed by atoms with van der Waals surface area (Å²) in [7, 11) is 3.95. The number of piperidine rings is 1. The summed E-state index contributed by atoms with van der Waals surface area (Å²) in [5.41, 5.74) is 5.71. The Hall–Kier alpha value is -2.97. The molecule has 8 heteroatoms. The lowest BCUT2D eigenvalue weighted by molar-refractivity contribution is -0.121. The van der Waals surface area contributed by atoms with Crippen LogP contribution < -0.4 is 25.2 Å². The van der Waals surface area contributed by atoms with Crippen LogP contribution in [0.1, 0.15) is 45.6 Å². The predicted molar refractivity (Wildman–Crippen MR) is 166 cm³/mol. The van der Waals surface area contributed by atoms with Crippen LogP contribution in [0.4, 0.5) is 22.7 Å². The minimum atomic E-state index is -0.0116. The zero-order chi connectivity index (χ0) is 28.2. The molecule has 0 aliphatic carbocycles. The van der Waals surface area contributed by atoms with Crippen molar-refractivity contribution in [3.05, 3.63) is 42.0 Å². The zero-order valence-electron chi connectivity index (χ0n) is 25.1. The topological polar surface area (TPSA) is 63.3 Å². The number of methoxy groups -OCH3 is 1. The van der Waals surface area contributed by atoms with Gasteiger partial charge in [0.15, 0.2) is 0 Å². The van der Waals surface area contributed by atoms with Crippen molar-refractivity contribution in [3.63, 3.8) is 0 Å². The average molecular weight is 549 g/mol. The molecule has 8 nitrogen and oxygen atoms in total. The van der Waals surface area contributed by atoms with E-state index >= 15 is 0 Å². The van der Waals surface area contributed by atoms with Crippen LogP contribution in [-0.2, 0) is 11.2 Å². The second kappa shape index (κ2) is 12.7. The molecule has 2 unspecified atom stereocenters. The molecule has 2 saturated heterocycles. The average Bonchev–Trinajstić information content (AvgIpc) is 3.40. The molecule has 0 spiro atoms. The largest absolute Gasteiger partial charge is 0.495 e. The van der Waals surface area contributed by atoms with E-state index in [2.05, 4.69) is 75.7 Å². The van der Waals surface area contributed by atoms with E-state index in [0.29, 0.717) is 6.04 Å². The van der Waals surface area contributed by atoms with Crippen molar-refractivity contribution in [2.45, 2.75) is 58.7 Å². The van der Waals surface area contributed by atoms with Gasteiger partial charge in [-0.15, -0.1) is 0 Å². The number of benzene rings is 2. The Morgan fingerprint density at radius 1 is 1.02 bits per heavy atom. The third-order valence-electron chi connectivity index (χ3n) is 8.71. The normalized spacial score (nSPS) is 21.9. The van der Waals surface area contributed by atoms with Crippen molar-refractivity contribution >= 4 is 28.7 Å².